The van der Waals surface area contributed by atoms with Crippen molar-refractivity contribution in [1.29, 1.82) is 0 Å². The minimum atomic E-state index is -4.55. The summed E-state index contributed by atoms with van der Waals surface area (Å²) < 4.78 is 44.1. The van der Waals surface area contributed by atoms with Crippen molar-refractivity contribution in [3.8, 4) is 0 Å². The number of halogens is 3. The second-order valence-corrected chi connectivity index (χ2v) is 7.84. The Kier molecular flexibility index (Phi) is 6.00. The summed E-state index contributed by atoms with van der Waals surface area (Å²) in [7, 11) is 0. The molecule has 1 aromatic carbocycles. The third-order valence-electron chi connectivity index (χ3n) is 4.33. The van der Waals surface area contributed by atoms with Crippen molar-refractivity contribution in [2.24, 2.45) is 0 Å². The summed E-state index contributed by atoms with van der Waals surface area (Å²) in [5.74, 6) is -0.135. The first-order chi connectivity index (χ1) is 14.0. The number of para-hydroxylation sites is 1. The quantitative estimate of drug-likeness (QED) is 0.733. The van der Waals surface area contributed by atoms with Crippen molar-refractivity contribution in [2.45, 2.75) is 39.0 Å². The number of rotatable bonds is 3. The van der Waals surface area contributed by atoms with Gasteiger partial charge in [-0.3, -0.25) is 0 Å². The predicted molar refractivity (Wildman–Crippen MR) is 107 cm³/mol. The summed E-state index contributed by atoms with van der Waals surface area (Å²) in [5.41, 5.74) is 0.811. The fourth-order valence-corrected chi connectivity index (χ4v) is 2.98. The molecule has 2 aromatic rings. The van der Waals surface area contributed by atoms with Crippen molar-refractivity contribution in [3.63, 3.8) is 0 Å². The molecular weight excluding hydrogens is 397 g/mol. The van der Waals surface area contributed by atoms with Crippen LogP contribution < -0.4 is 5.32 Å². The van der Waals surface area contributed by atoms with Gasteiger partial charge in [-0.15, -0.1) is 0 Å². The fourth-order valence-electron chi connectivity index (χ4n) is 2.98. The third-order valence-corrected chi connectivity index (χ3v) is 4.33. The van der Waals surface area contributed by atoms with E-state index in [0.29, 0.717) is 25.2 Å². The van der Waals surface area contributed by atoms with Crippen LogP contribution in [0.25, 0.3) is 5.57 Å². The number of aromatic nitrogens is 2. The number of carbonyl (C=O) groups excluding carboxylic acids is 1. The molecule has 1 aliphatic heterocycles. The van der Waals surface area contributed by atoms with Crippen LogP contribution in [0.3, 0.4) is 0 Å². The molecule has 160 valence electrons. The van der Waals surface area contributed by atoms with Crippen LogP contribution in [0.5, 0.6) is 0 Å². The molecule has 1 aromatic heterocycles. The monoisotopic (exact) mass is 420 g/mol. The summed E-state index contributed by atoms with van der Waals surface area (Å²) in [6.45, 7) is 6.31. The standard InChI is InChI=1S/C21H23F3N4O2/c1-20(2,3)30-19(29)28-12-9-14(10-13-28)15-6-4-5-7-16(15)26-18-25-11-8-17(27-18)21(22,23)24/h4-9,11H,10,12-13H2,1-3H3,(H,25,26,27). The zero-order valence-electron chi connectivity index (χ0n) is 17.0. The first kappa shape index (κ1) is 21.6. The number of anilines is 2. The van der Waals surface area contributed by atoms with Crippen LogP contribution in [0, 0.1) is 0 Å². The van der Waals surface area contributed by atoms with Gasteiger partial charge in [-0.25, -0.2) is 14.8 Å². The lowest BCUT2D eigenvalue weighted by Gasteiger charge is -2.30. The number of hydrogen-bond acceptors (Lipinski definition) is 5. The Morgan fingerprint density at radius 3 is 2.53 bits per heavy atom. The number of carbonyl (C=O) groups is 1. The Labute approximate surface area is 172 Å². The summed E-state index contributed by atoms with van der Waals surface area (Å²) >= 11 is 0. The average Bonchev–Trinajstić information content (AvgIpc) is 2.67. The van der Waals surface area contributed by atoms with Gasteiger partial charge in [0.25, 0.3) is 0 Å². The van der Waals surface area contributed by atoms with Gasteiger partial charge in [0.05, 0.1) is 0 Å². The fraction of sp³-hybridized carbons (Fsp3) is 0.381. The van der Waals surface area contributed by atoms with Crippen LogP contribution in [0.15, 0.2) is 42.6 Å². The highest BCUT2D eigenvalue weighted by molar-refractivity contribution is 5.80. The zero-order chi connectivity index (χ0) is 21.9. The van der Waals surface area contributed by atoms with Gasteiger partial charge in [-0.1, -0.05) is 24.3 Å². The van der Waals surface area contributed by atoms with Crippen LogP contribution >= 0.6 is 0 Å². The lowest BCUT2D eigenvalue weighted by Crippen LogP contribution is -2.39. The van der Waals surface area contributed by atoms with Crippen LogP contribution in [-0.2, 0) is 10.9 Å². The summed E-state index contributed by atoms with van der Waals surface area (Å²) in [5, 5.41) is 2.88. The van der Waals surface area contributed by atoms with E-state index in [1.165, 1.54) is 0 Å². The summed E-state index contributed by atoms with van der Waals surface area (Å²) in [6.07, 6.45) is -1.35. The number of nitrogens with zero attached hydrogens (tertiary/aromatic N) is 3. The van der Waals surface area contributed by atoms with Crippen molar-refractivity contribution >= 4 is 23.3 Å². The van der Waals surface area contributed by atoms with Gasteiger partial charge in [-0.05, 0) is 44.9 Å². The maximum Gasteiger partial charge on any atom is 0.433 e. The molecule has 6 nitrogen and oxygen atoms in total. The normalized spacial score (nSPS) is 14.9. The Bertz CT molecular complexity index is 952. The van der Waals surface area contributed by atoms with Gasteiger partial charge in [-0.2, -0.15) is 13.2 Å². The van der Waals surface area contributed by atoms with Crippen LogP contribution in [-0.4, -0.2) is 39.7 Å². The number of benzene rings is 1. The van der Waals surface area contributed by atoms with E-state index in [9.17, 15) is 18.0 Å². The molecule has 2 heterocycles. The van der Waals surface area contributed by atoms with Gasteiger partial charge in [0.15, 0.2) is 0 Å². The van der Waals surface area contributed by atoms with Crippen molar-refractivity contribution in [3.05, 3.63) is 53.9 Å². The Morgan fingerprint density at radius 1 is 1.17 bits per heavy atom. The van der Waals surface area contributed by atoms with E-state index in [-0.39, 0.29) is 12.0 Å². The first-order valence-corrected chi connectivity index (χ1v) is 9.46. The van der Waals surface area contributed by atoms with Gasteiger partial charge in [0.1, 0.15) is 11.3 Å². The molecule has 0 radical (unpaired) electrons. The SMILES string of the molecule is CC(C)(C)OC(=O)N1CC=C(c2ccccc2Nc2nccc(C(F)(F)F)n2)CC1. The highest BCUT2D eigenvalue weighted by atomic mass is 19.4. The molecule has 30 heavy (non-hydrogen) atoms. The van der Waals surface area contributed by atoms with E-state index in [2.05, 4.69) is 15.3 Å². The van der Waals surface area contributed by atoms with Crippen LogP contribution in [0.2, 0.25) is 0 Å². The molecule has 1 amide bonds. The largest absolute Gasteiger partial charge is 0.444 e. The Balaban J connectivity index is 1.77. The molecule has 1 N–H and O–H groups in total. The molecule has 0 unspecified atom stereocenters. The topological polar surface area (TPSA) is 67.3 Å². The molecule has 0 saturated heterocycles. The van der Waals surface area contributed by atoms with Crippen LogP contribution in [0.1, 0.15) is 38.4 Å². The van der Waals surface area contributed by atoms with Crippen LogP contribution in [0.4, 0.5) is 29.6 Å². The maximum absolute atomic E-state index is 12.9. The minimum absolute atomic E-state index is 0.135. The molecule has 0 fully saturated rings. The summed E-state index contributed by atoms with van der Waals surface area (Å²) in [4.78, 5) is 21.3. The Hall–Kier alpha value is -3.10. The van der Waals surface area contributed by atoms with Crippen molar-refractivity contribution < 1.29 is 22.7 Å². The molecule has 1 aliphatic rings. The number of ether oxygens (including phenoxy) is 1. The maximum atomic E-state index is 12.9. The number of alkyl halides is 3. The van der Waals surface area contributed by atoms with E-state index in [1.54, 1.807) is 17.0 Å². The van der Waals surface area contributed by atoms with Gasteiger partial charge < -0.3 is 15.0 Å². The van der Waals surface area contributed by atoms with Gasteiger partial charge >= 0.3 is 12.3 Å². The highest BCUT2D eigenvalue weighted by Crippen LogP contribution is 2.32. The molecule has 3 rings (SSSR count). The lowest BCUT2D eigenvalue weighted by molar-refractivity contribution is -0.141. The Morgan fingerprint density at radius 2 is 1.90 bits per heavy atom. The highest BCUT2D eigenvalue weighted by Gasteiger charge is 2.33. The van der Waals surface area contributed by atoms with E-state index >= 15 is 0 Å². The number of hydrogen-bond donors (Lipinski definition) is 1. The molecular formula is C21H23F3N4O2. The van der Waals surface area contributed by atoms with E-state index < -0.39 is 17.5 Å². The number of amides is 1. The molecule has 0 aliphatic carbocycles. The third kappa shape index (κ3) is 5.49. The second kappa shape index (κ2) is 8.33. The minimum Gasteiger partial charge on any atom is -0.444 e. The van der Waals surface area contributed by atoms with E-state index in [1.807, 2.05) is 39.0 Å². The molecule has 9 heteroatoms. The van der Waals surface area contributed by atoms with Gasteiger partial charge in [0, 0.05) is 30.5 Å². The average molecular weight is 420 g/mol. The van der Waals surface area contributed by atoms with Crippen molar-refractivity contribution in [1.82, 2.24) is 14.9 Å². The molecule has 0 atom stereocenters. The van der Waals surface area contributed by atoms with E-state index in [0.717, 1.165) is 23.4 Å². The molecule has 0 spiro atoms. The first-order valence-electron chi connectivity index (χ1n) is 9.46. The zero-order valence-corrected chi connectivity index (χ0v) is 17.0. The molecule has 0 bridgehead atoms. The number of nitrogens with one attached hydrogen (secondary N) is 1. The molecule has 0 saturated carbocycles. The summed E-state index contributed by atoms with van der Waals surface area (Å²) in [6, 6.07) is 8.06. The van der Waals surface area contributed by atoms with Gasteiger partial charge in [0.2, 0.25) is 5.95 Å². The van der Waals surface area contributed by atoms with Crippen molar-refractivity contribution in [2.75, 3.05) is 18.4 Å². The smallest absolute Gasteiger partial charge is 0.433 e. The van der Waals surface area contributed by atoms with E-state index in [4.69, 9.17) is 4.74 Å². The predicted octanol–water partition coefficient (Wildman–Crippen LogP) is 5.26. The second-order valence-electron chi connectivity index (χ2n) is 7.84. The lowest BCUT2D eigenvalue weighted by atomic mass is 9.98.